The number of nitrogens with zero attached hydrogens (tertiary/aromatic N) is 3. The fourth-order valence-corrected chi connectivity index (χ4v) is 3.95. The molecule has 4 rings (SSSR count). The fraction of sp³-hybridized carbons (Fsp3) is 0.600. The van der Waals surface area contributed by atoms with Gasteiger partial charge in [-0.05, 0) is 64.0 Å². The Bertz CT molecular complexity index is 752. The highest BCUT2D eigenvalue weighted by molar-refractivity contribution is 5.91. The molecular formula is C20H29N5O2. The number of piperidine rings is 1. The Labute approximate surface area is 160 Å². The lowest BCUT2D eigenvalue weighted by molar-refractivity contribution is 0.0913. The minimum absolute atomic E-state index is 0.187. The maximum absolute atomic E-state index is 12.5. The molecule has 0 aliphatic carbocycles. The standard InChI is InChI=1S/C20H29N5O2/c1-15(24-9-3-2-4-10-24)18-6-7-19(27-18)20(26)22-13-16-12-17-14-21-8-5-11-25(17)23-16/h6-7,12,15,21H,2-5,8-11,13-14H2,1H3,(H,22,26)/t15-/m0/s1. The van der Waals surface area contributed by atoms with Crippen molar-refractivity contribution < 1.29 is 9.21 Å². The molecule has 2 aliphatic rings. The van der Waals surface area contributed by atoms with Gasteiger partial charge >= 0.3 is 0 Å². The van der Waals surface area contributed by atoms with Crippen LogP contribution >= 0.6 is 0 Å². The molecule has 2 aliphatic heterocycles. The Hall–Kier alpha value is -2.12. The van der Waals surface area contributed by atoms with Crippen LogP contribution in [0.1, 0.15) is 66.4 Å². The molecule has 1 atom stereocenters. The molecule has 146 valence electrons. The van der Waals surface area contributed by atoms with Crippen LogP contribution in [0, 0.1) is 0 Å². The van der Waals surface area contributed by atoms with E-state index in [1.165, 1.54) is 25.0 Å². The third-order valence-corrected chi connectivity index (χ3v) is 5.57. The van der Waals surface area contributed by atoms with E-state index in [1.54, 1.807) is 6.07 Å². The van der Waals surface area contributed by atoms with Crippen LogP contribution in [0.15, 0.2) is 22.6 Å². The fourth-order valence-electron chi connectivity index (χ4n) is 3.95. The molecular weight excluding hydrogens is 342 g/mol. The summed E-state index contributed by atoms with van der Waals surface area (Å²) in [5.74, 6) is 1.05. The molecule has 0 aromatic carbocycles. The van der Waals surface area contributed by atoms with E-state index >= 15 is 0 Å². The highest BCUT2D eigenvalue weighted by atomic mass is 16.4. The van der Waals surface area contributed by atoms with E-state index in [0.29, 0.717) is 12.3 Å². The molecule has 0 spiro atoms. The molecule has 7 nitrogen and oxygen atoms in total. The Morgan fingerprint density at radius 2 is 2.11 bits per heavy atom. The molecule has 0 bridgehead atoms. The predicted octanol–water partition coefficient (Wildman–Crippen LogP) is 2.45. The number of fused-ring (bicyclic) bond motifs is 1. The smallest absolute Gasteiger partial charge is 0.287 e. The molecule has 0 saturated carbocycles. The third-order valence-electron chi connectivity index (χ3n) is 5.57. The van der Waals surface area contributed by atoms with Gasteiger partial charge in [-0.15, -0.1) is 0 Å². The topological polar surface area (TPSA) is 75.3 Å². The van der Waals surface area contributed by atoms with Crippen molar-refractivity contribution in [1.82, 2.24) is 25.3 Å². The molecule has 27 heavy (non-hydrogen) atoms. The minimum atomic E-state index is -0.187. The van der Waals surface area contributed by atoms with Crippen LogP contribution in [0.2, 0.25) is 0 Å². The number of carbonyl (C=O) groups excluding carboxylic acids is 1. The minimum Gasteiger partial charge on any atom is -0.454 e. The Kier molecular flexibility index (Phi) is 5.59. The summed E-state index contributed by atoms with van der Waals surface area (Å²) in [5.41, 5.74) is 2.06. The van der Waals surface area contributed by atoms with Crippen molar-refractivity contribution in [1.29, 1.82) is 0 Å². The summed E-state index contributed by atoms with van der Waals surface area (Å²) in [7, 11) is 0. The summed E-state index contributed by atoms with van der Waals surface area (Å²) in [5, 5.41) is 10.9. The van der Waals surface area contributed by atoms with Gasteiger partial charge in [-0.3, -0.25) is 14.4 Å². The first-order chi connectivity index (χ1) is 13.2. The second-order valence-corrected chi connectivity index (χ2v) is 7.54. The van der Waals surface area contributed by atoms with Crippen LogP contribution < -0.4 is 10.6 Å². The van der Waals surface area contributed by atoms with Gasteiger partial charge in [0.2, 0.25) is 0 Å². The molecule has 2 N–H and O–H groups in total. The molecule has 1 fully saturated rings. The maximum atomic E-state index is 12.5. The first-order valence-electron chi connectivity index (χ1n) is 10.1. The average molecular weight is 371 g/mol. The van der Waals surface area contributed by atoms with Gasteiger partial charge in [0.1, 0.15) is 5.76 Å². The van der Waals surface area contributed by atoms with Crippen LogP contribution in [0.5, 0.6) is 0 Å². The van der Waals surface area contributed by atoms with E-state index < -0.39 is 0 Å². The van der Waals surface area contributed by atoms with Gasteiger partial charge in [-0.1, -0.05) is 6.42 Å². The Morgan fingerprint density at radius 1 is 1.26 bits per heavy atom. The number of carbonyl (C=O) groups is 1. The van der Waals surface area contributed by atoms with E-state index in [0.717, 1.165) is 50.6 Å². The molecule has 1 saturated heterocycles. The Morgan fingerprint density at radius 3 is 2.96 bits per heavy atom. The van der Waals surface area contributed by atoms with E-state index in [4.69, 9.17) is 4.42 Å². The Balaban J connectivity index is 1.34. The number of likely N-dealkylation sites (tertiary alicyclic amines) is 1. The number of rotatable bonds is 5. The highest BCUT2D eigenvalue weighted by Crippen LogP contribution is 2.25. The lowest BCUT2D eigenvalue weighted by Crippen LogP contribution is -2.32. The molecule has 1 amide bonds. The van der Waals surface area contributed by atoms with Crippen molar-refractivity contribution in [3.8, 4) is 0 Å². The van der Waals surface area contributed by atoms with Crippen molar-refractivity contribution in [3.63, 3.8) is 0 Å². The number of furan rings is 1. The van der Waals surface area contributed by atoms with Crippen LogP contribution in [0.4, 0.5) is 0 Å². The molecule has 0 unspecified atom stereocenters. The van der Waals surface area contributed by atoms with Gasteiger partial charge in [0.15, 0.2) is 5.76 Å². The largest absolute Gasteiger partial charge is 0.454 e. The average Bonchev–Trinajstić information content (AvgIpc) is 3.29. The van der Waals surface area contributed by atoms with Gasteiger partial charge < -0.3 is 15.1 Å². The third kappa shape index (κ3) is 4.25. The van der Waals surface area contributed by atoms with Crippen LogP contribution in [-0.4, -0.2) is 40.2 Å². The quantitative estimate of drug-likeness (QED) is 0.844. The summed E-state index contributed by atoms with van der Waals surface area (Å²) in [6.07, 6.45) is 4.86. The van der Waals surface area contributed by atoms with Gasteiger partial charge in [0, 0.05) is 13.1 Å². The van der Waals surface area contributed by atoms with Crippen molar-refractivity contribution in [2.24, 2.45) is 0 Å². The normalized spacial score (nSPS) is 19.3. The van der Waals surface area contributed by atoms with Gasteiger partial charge in [0.05, 0.1) is 24.0 Å². The molecule has 0 radical (unpaired) electrons. The van der Waals surface area contributed by atoms with Crippen LogP contribution in [0.25, 0.3) is 0 Å². The lowest BCUT2D eigenvalue weighted by Gasteiger charge is -2.31. The number of aryl methyl sites for hydroxylation is 1. The van der Waals surface area contributed by atoms with E-state index in [2.05, 4.69) is 33.6 Å². The number of hydrogen-bond donors (Lipinski definition) is 2. The van der Waals surface area contributed by atoms with Crippen molar-refractivity contribution in [2.45, 2.75) is 58.3 Å². The number of nitrogens with one attached hydrogen (secondary N) is 2. The molecule has 7 heteroatoms. The first kappa shape index (κ1) is 18.3. The van der Waals surface area contributed by atoms with E-state index in [1.807, 2.05) is 10.7 Å². The zero-order valence-electron chi connectivity index (χ0n) is 16.0. The van der Waals surface area contributed by atoms with E-state index in [-0.39, 0.29) is 11.9 Å². The summed E-state index contributed by atoms with van der Waals surface area (Å²) in [4.78, 5) is 14.9. The summed E-state index contributed by atoms with van der Waals surface area (Å²) in [6.45, 7) is 7.54. The van der Waals surface area contributed by atoms with Crippen LogP contribution in [-0.2, 0) is 19.6 Å². The number of aromatic nitrogens is 2. The van der Waals surface area contributed by atoms with Crippen molar-refractivity contribution in [2.75, 3.05) is 19.6 Å². The summed E-state index contributed by atoms with van der Waals surface area (Å²) < 4.78 is 7.89. The van der Waals surface area contributed by atoms with Crippen LogP contribution in [0.3, 0.4) is 0 Å². The molecule has 2 aromatic rings. The van der Waals surface area contributed by atoms with E-state index in [9.17, 15) is 4.79 Å². The second-order valence-electron chi connectivity index (χ2n) is 7.54. The molecule has 4 heterocycles. The highest BCUT2D eigenvalue weighted by Gasteiger charge is 2.22. The SMILES string of the molecule is C[C@@H](c1ccc(C(=O)NCc2cc3n(n2)CCCNC3)o1)N1CCCCC1. The zero-order chi connectivity index (χ0) is 18.6. The number of amides is 1. The first-order valence-corrected chi connectivity index (χ1v) is 10.1. The summed E-state index contributed by atoms with van der Waals surface area (Å²) in [6, 6.07) is 5.98. The monoisotopic (exact) mass is 371 g/mol. The summed E-state index contributed by atoms with van der Waals surface area (Å²) >= 11 is 0. The number of hydrogen-bond acceptors (Lipinski definition) is 5. The predicted molar refractivity (Wildman–Crippen MR) is 102 cm³/mol. The van der Waals surface area contributed by atoms with Crippen molar-refractivity contribution in [3.05, 3.63) is 41.1 Å². The lowest BCUT2D eigenvalue weighted by atomic mass is 10.1. The van der Waals surface area contributed by atoms with Gasteiger partial charge in [-0.2, -0.15) is 5.10 Å². The zero-order valence-corrected chi connectivity index (χ0v) is 16.0. The molecule has 2 aromatic heterocycles. The van der Waals surface area contributed by atoms with Gasteiger partial charge in [-0.25, -0.2) is 0 Å². The second kappa shape index (κ2) is 8.27. The van der Waals surface area contributed by atoms with Crippen molar-refractivity contribution >= 4 is 5.91 Å². The maximum Gasteiger partial charge on any atom is 0.287 e. The van der Waals surface area contributed by atoms with Gasteiger partial charge in [0.25, 0.3) is 5.91 Å².